The molecule has 0 aromatic heterocycles. The lowest BCUT2D eigenvalue weighted by Crippen LogP contribution is -2.47. The molecular weight excluding hydrogens is 262 g/mol. The topological polar surface area (TPSA) is 38.3 Å². The monoisotopic (exact) mass is 283 g/mol. The summed E-state index contributed by atoms with van der Waals surface area (Å²) in [4.78, 5) is 12.5. The molecule has 0 unspecified atom stereocenters. The van der Waals surface area contributed by atoms with Crippen molar-refractivity contribution in [1.82, 2.24) is 5.32 Å². The molecule has 0 saturated carbocycles. The average molecular weight is 284 g/mol. The largest absolute Gasteiger partial charge is 0.462 e. The summed E-state index contributed by atoms with van der Waals surface area (Å²) in [7, 11) is 0. The van der Waals surface area contributed by atoms with Crippen LogP contribution >= 0.6 is 12.4 Å². The van der Waals surface area contributed by atoms with Gasteiger partial charge < -0.3 is 10.1 Å². The van der Waals surface area contributed by atoms with Gasteiger partial charge in [0.05, 0.1) is 11.5 Å². The minimum atomic E-state index is -0.462. The van der Waals surface area contributed by atoms with E-state index in [1.807, 2.05) is 44.2 Å². The molecular formula is C15H22ClNO2. The number of nitrogens with one attached hydrogen (secondary N) is 1. The molecule has 1 aromatic carbocycles. The summed E-state index contributed by atoms with van der Waals surface area (Å²) in [6.07, 6.45) is 1.55. The van der Waals surface area contributed by atoms with E-state index in [0.29, 0.717) is 0 Å². The van der Waals surface area contributed by atoms with Gasteiger partial charge in [0, 0.05) is 0 Å². The Morgan fingerprint density at radius 2 is 1.79 bits per heavy atom. The third kappa shape index (κ3) is 3.48. The fourth-order valence-electron chi connectivity index (χ4n) is 2.55. The van der Waals surface area contributed by atoms with E-state index in [4.69, 9.17) is 4.74 Å². The van der Waals surface area contributed by atoms with Crippen LogP contribution in [0.1, 0.15) is 32.3 Å². The second-order valence-corrected chi connectivity index (χ2v) is 5.15. The minimum Gasteiger partial charge on any atom is -0.462 e. The molecule has 19 heavy (non-hydrogen) atoms. The first kappa shape index (κ1) is 16.0. The van der Waals surface area contributed by atoms with E-state index in [2.05, 4.69) is 5.32 Å². The van der Waals surface area contributed by atoms with E-state index in [1.54, 1.807) is 0 Å². The van der Waals surface area contributed by atoms with Crippen molar-refractivity contribution in [3.8, 4) is 0 Å². The molecule has 1 aliphatic rings. The number of hydrogen-bond donors (Lipinski definition) is 1. The van der Waals surface area contributed by atoms with Crippen LogP contribution in [0.25, 0.3) is 0 Å². The number of rotatable bonds is 3. The molecule has 1 aromatic rings. The van der Waals surface area contributed by atoms with E-state index in [0.717, 1.165) is 31.5 Å². The molecule has 0 atom stereocenters. The Balaban J connectivity index is 0.00000180. The highest BCUT2D eigenvalue weighted by molar-refractivity contribution is 5.85. The SMILES string of the molecule is CC(C)OC(=O)C1(c2ccccc2)CCNCC1.Cl. The minimum absolute atomic E-state index is 0. The lowest BCUT2D eigenvalue weighted by molar-refractivity contribution is -0.155. The molecule has 0 aliphatic carbocycles. The Bertz CT molecular complexity index is 400. The van der Waals surface area contributed by atoms with E-state index in [-0.39, 0.29) is 24.5 Å². The number of ether oxygens (including phenoxy) is 1. The maximum Gasteiger partial charge on any atom is 0.316 e. The van der Waals surface area contributed by atoms with Crippen LogP contribution in [0.4, 0.5) is 0 Å². The van der Waals surface area contributed by atoms with Gasteiger partial charge in [-0.15, -0.1) is 12.4 Å². The highest BCUT2D eigenvalue weighted by Crippen LogP contribution is 2.35. The van der Waals surface area contributed by atoms with Gasteiger partial charge in [-0.2, -0.15) is 0 Å². The van der Waals surface area contributed by atoms with Crippen LogP contribution in [0, 0.1) is 0 Å². The van der Waals surface area contributed by atoms with Crippen molar-refractivity contribution in [3.05, 3.63) is 35.9 Å². The zero-order valence-electron chi connectivity index (χ0n) is 11.5. The first-order chi connectivity index (χ1) is 8.65. The normalized spacial score (nSPS) is 17.6. The number of benzene rings is 1. The zero-order valence-corrected chi connectivity index (χ0v) is 12.3. The van der Waals surface area contributed by atoms with E-state index in [1.165, 1.54) is 0 Å². The summed E-state index contributed by atoms with van der Waals surface area (Å²) in [5.41, 5.74) is 0.619. The molecule has 0 bridgehead atoms. The Hall–Kier alpha value is -1.06. The molecule has 3 nitrogen and oxygen atoms in total. The van der Waals surface area contributed by atoms with Crippen LogP contribution < -0.4 is 5.32 Å². The second kappa shape index (κ2) is 6.92. The smallest absolute Gasteiger partial charge is 0.316 e. The fraction of sp³-hybridized carbons (Fsp3) is 0.533. The summed E-state index contributed by atoms with van der Waals surface area (Å²) in [5.74, 6) is -0.0785. The fourth-order valence-corrected chi connectivity index (χ4v) is 2.55. The Kier molecular flexibility index (Phi) is 5.83. The van der Waals surface area contributed by atoms with Crippen molar-refractivity contribution in [3.63, 3.8) is 0 Å². The number of piperidine rings is 1. The van der Waals surface area contributed by atoms with Crippen LogP contribution in [-0.4, -0.2) is 25.2 Å². The van der Waals surface area contributed by atoms with Gasteiger partial charge in [-0.3, -0.25) is 4.79 Å². The summed E-state index contributed by atoms with van der Waals surface area (Å²) in [6.45, 7) is 5.53. The van der Waals surface area contributed by atoms with Gasteiger partial charge >= 0.3 is 5.97 Å². The highest BCUT2D eigenvalue weighted by Gasteiger charge is 2.42. The predicted octanol–water partition coefficient (Wildman–Crippen LogP) is 2.68. The van der Waals surface area contributed by atoms with E-state index < -0.39 is 5.41 Å². The Labute approximate surface area is 121 Å². The van der Waals surface area contributed by atoms with Crippen LogP contribution in [0.5, 0.6) is 0 Å². The Morgan fingerprint density at radius 3 is 2.32 bits per heavy atom. The zero-order chi connectivity index (χ0) is 13.0. The van der Waals surface area contributed by atoms with Crippen LogP contribution in [0.2, 0.25) is 0 Å². The third-order valence-electron chi connectivity index (χ3n) is 3.52. The van der Waals surface area contributed by atoms with Crippen LogP contribution in [0.3, 0.4) is 0 Å². The van der Waals surface area contributed by atoms with Crippen molar-refractivity contribution < 1.29 is 9.53 Å². The van der Waals surface area contributed by atoms with E-state index >= 15 is 0 Å². The lowest BCUT2D eigenvalue weighted by atomic mass is 9.73. The quantitative estimate of drug-likeness (QED) is 0.867. The van der Waals surface area contributed by atoms with Gasteiger partial charge in [0.2, 0.25) is 0 Å². The van der Waals surface area contributed by atoms with Gasteiger partial charge in [0.15, 0.2) is 0 Å². The molecule has 1 N–H and O–H groups in total. The summed E-state index contributed by atoms with van der Waals surface area (Å²) >= 11 is 0. The number of carbonyl (C=O) groups excluding carboxylic acids is 1. The average Bonchev–Trinajstić information content (AvgIpc) is 2.40. The summed E-state index contributed by atoms with van der Waals surface area (Å²) in [5, 5.41) is 3.31. The Morgan fingerprint density at radius 1 is 1.21 bits per heavy atom. The van der Waals surface area contributed by atoms with Crippen molar-refractivity contribution in [1.29, 1.82) is 0 Å². The molecule has 0 radical (unpaired) electrons. The molecule has 1 fully saturated rings. The molecule has 0 spiro atoms. The number of esters is 1. The van der Waals surface area contributed by atoms with Crippen LogP contribution in [0.15, 0.2) is 30.3 Å². The summed E-state index contributed by atoms with van der Waals surface area (Å²) < 4.78 is 5.48. The second-order valence-electron chi connectivity index (χ2n) is 5.15. The molecule has 2 rings (SSSR count). The lowest BCUT2D eigenvalue weighted by Gasteiger charge is -2.36. The van der Waals surface area contributed by atoms with Gasteiger partial charge in [-0.05, 0) is 45.3 Å². The number of hydrogen-bond acceptors (Lipinski definition) is 3. The predicted molar refractivity (Wildman–Crippen MR) is 78.7 cm³/mol. The first-order valence-electron chi connectivity index (χ1n) is 6.62. The summed E-state index contributed by atoms with van der Waals surface area (Å²) in [6, 6.07) is 10.0. The maximum atomic E-state index is 12.5. The van der Waals surface area contributed by atoms with Gasteiger partial charge in [-0.1, -0.05) is 30.3 Å². The van der Waals surface area contributed by atoms with Crippen molar-refractivity contribution in [2.24, 2.45) is 0 Å². The highest BCUT2D eigenvalue weighted by atomic mass is 35.5. The first-order valence-corrected chi connectivity index (χ1v) is 6.62. The molecule has 0 amide bonds. The van der Waals surface area contributed by atoms with Crippen molar-refractivity contribution in [2.75, 3.05) is 13.1 Å². The molecule has 4 heteroatoms. The van der Waals surface area contributed by atoms with Crippen molar-refractivity contribution in [2.45, 2.75) is 38.2 Å². The van der Waals surface area contributed by atoms with Gasteiger partial charge in [-0.25, -0.2) is 0 Å². The molecule has 1 saturated heterocycles. The number of halogens is 1. The van der Waals surface area contributed by atoms with Crippen molar-refractivity contribution >= 4 is 18.4 Å². The standard InChI is InChI=1S/C15H21NO2.ClH/c1-12(2)18-14(17)15(8-10-16-11-9-15)13-6-4-3-5-7-13;/h3-7,12,16H,8-11H2,1-2H3;1H. The molecule has 1 aliphatic heterocycles. The van der Waals surface area contributed by atoms with Gasteiger partial charge in [0.1, 0.15) is 0 Å². The van der Waals surface area contributed by atoms with E-state index in [9.17, 15) is 4.79 Å². The van der Waals surface area contributed by atoms with Gasteiger partial charge in [0.25, 0.3) is 0 Å². The number of carbonyl (C=O) groups is 1. The molecule has 1 heterocycles. The van der Waals surface area contributed by atoms with Crippen LogP contribution in [-0.2, 0) is 14.9 Å². The third-order valence-corrected chi connectivity index (χ3v) is 3.52. The maximum absolute atomic E-state index is 12.5. The molecule has 106 valence electrons.